The molecule has 2 aromatic heterocycles. The highest BCUT2D eigenvalue weighted by Gasteiger charge is 2.42. The zero-order valence-electron chi connectivity index (χ0n) is 22.3. The molecule has 0 spiro atoms. The number of nitrogens with zero attached hydrogens (tertiary/aromatic N) is 2. The Morgan fingerprint density at radius 3 is 2.27 bits per heavy atom. The van der Waals surface area contributed by atoms with Gasteiger partial charge in [-0.05, 0) is 99.7 Å². The molecule has 1 aromatic carbocycles. The maximum atomic E-state index is 13.1. The Bertz CT molecular complexity index is 1290. The molecule has 0 bridgehead atoms. The van der Waals surface area contributed by atoms with Crippen LogP contribution in [-0.4, -0.2) is 39.8 Å². The fraction of sp³-hybridized carbons (Fsp3) is 0.567. The molecule has 1 saturated heterocycles. The fourth-order valence-electron chi connectivity index (χ4n) is 6.69. The second kappa shape index (κ2) is 9.97. The van der Waals surface area contributed by atoms with Crippen LogP contribution in [-0.2, 0) is 7.05 Å². The van der Waals surface area contributed by atoms with Gasteiger partial charge in [0.1, 0.15) is 0 Å². The molecule has 0 atom stereocenters. The lowest BCUT2D eigenvalue weighted by Gasteiger charge is -2.41. The summed E-state index contributed by atoms with van der Waals surface area (Å²) in [5.74, 6) is -0.338. The Morgan fingerprint density at radius 2 is 1.68 bits per heavy atom. The molecular formula is C30H38F3N3O. The smallest absolute Gasteiger partial charge is 0.354 e. The molecule has 1 N–H and O–H groups in total. The third-order valence-electron chi connectivity index (χ3n) is 8.77. The van der Waals surface area contributed by atoms with Crippen molar-refractivity contribution in [1.82, 2.24) is 14.5 Å². The van der Waals surface area contributed by atoms with Gasteiger partial charge in [0.2, 0.25) is 0 Å². The lowest BCUT2D eigenvalue weighted by molar-refractivity contribution is -0.184. The van der Waals surface area contributed by atoms with Gasteiger partial charge in [-0.2, -0.15) is 13.2 Å². The van der Waals surface area contributed by atoms with Crippen LogP contribution in [0.3, 0.4) is 0 Å². The maximum Gasteiger partial charge on any atom is 0.391 e. The van der Waals surface area contributed by atoms with Crippen LogP contribution in [0.15, 0.2) is 35.3 Å². The summed E-state index contributed by atoms with van der Waals surface area (Å²) >= 11 is 0. The molecule has 0 radical (unpaired) electrons. The van der Waals surface area contributed by atoms with Crippen LogP contribution in [0.5, 0.6) is 0 Å². The zero-order valence-corrected chi connectivity index (χ0v) is 22.3. The Labute approximate surface area is 216 Å². The molecule has 5 rings (SSSR count). The summed E-state index contributed by atoms with van der Waals surface area (Å²) in [6.07, 6.45) is 1.81. The average molecular weight is 514 g/mol. The normalized spacial score (nSPS) is 22.3. The second-order valence-corrected chi connectivity index (χ2v) is 11.6. The van der Waals surface area contributed by atoms with E-state index in [2.05, 4.69) is 41.9 Å². The molecule has 2 aliphatic rings. The summed E-state index contributed by atoms with van der Waals surface area (Å²) in [5.41, 5.74) is 6.57. The standard InChI is InChI=1S/C30H38F3N3O/c1-18(2)27-25-16-21(5-10-26(25)34-28(27)22-15-19(3)29(37)35(4)17-22)20-11-13-36(14-12-20)24-8-6-23(7-9-24)30(31,32)33/h5,10,15-18,20,23-24,34H,6-9,11-14H2,1-4H3. The molecule has 1 saturated carbocycles. The van der Waals surface area contributed by atoms with Gasteiger partial charge in [0.25, 0.3) is 5.56 Å². The number of hydrogen-bond acceptors (Lipinski definition) is 2. The summed E-state index contributed by atoms with van der Waals surface area (Å²) in [6, 6.07) is 9.02. The van der Waals surface area contributed by atoms with Crippen molar-refractivity contribution in [2.45, 2.75) is 83.4 Å². The van der Waals surface area contributed by atoms with E-state index < -0.39 is 12.1 Å². The van der Waals surface area contributed by atoms with Gasteiger partial charge in [-0.25, -0.2) is 0 Å². The number of nitrogens with one attached hydrogen (secondary N) is 1. The number of benzene rings is 1. The van der Waals surface area contributed by atoms with Crippen LogP contribution in [0, 0.1) is 12.8 Å². The van der Waals surface area contributed by atoms with E-state index in [0.717, 1.165) is 48.3 Å². The van der Waals surface area contributed by atoms with Crippen LogP contribution in [0.2, 0.25) is 0 Å². The van der Waals surface area contributed by atoms with Gasteiger partial charge >= 0.3 is 6.18 Å². The number of halogens is 3. The number of alkyl halides is 3. The number of aromatic nitrogens is 2. The third-order valence-corrected chi connectivity index (χ3v) is 8.77. The van der Waals surface area contributed by atoms with Gasteiger partial charge in [-0.15, -0.1) is 0 Å². The largest absolute Gasteiger partial charge is 0.391 e. The van der Waals surface area contributed by atoms with E-state index in [9.17, 15) is 18.0 Å². The first-order chi connectivity index (χ1) is 17.5. The van der Waals surface area contributed by atoms with E-state index >= 15 is 0 Å². The highest BCUT2D eigenvalue weighted by molar-refractivity contribution is 5.92. The molecule has 3 aromatic rings. The number of aryl methyl sites for hydroxylation is 2. The highest BCUT2D eigenvalue weighted by Crippen LogP contribution is 2.41. The van der Waals surface area contributed by atoms with Crippen molar-refractivity contribution in [3.63, 3.8) is 0 Å². The van der Waals surface area contributed by atoms with E-state index in [1.807, 2.05) is 19.2 Å². The van der Waals surface area contributed by atoms with E-state index in [4.69, 9.17) is 0 Å². The first-order valence-electron chi connectivity index (χ1n) is 13.7. The Hall–Kier alpha value is -2.54. The molecule has 200 valence electrons. The second-order valence-electron chi connectivity index (χ2n) is 11.6. The number of hydrogen-bond donors (Lipinski definition) is 1. The number of rotatable bonds is 4. The molecule has 2 fully saturated rings. The summed E-state index contributed by atoms with van der Waals surface area (Å²) in [6.45, 7) is 8.18. The minimum Gasteiger partial charge on any atom is -0.354 e. The lowest BCUT2D eigenvalue weighted by Crippen LogP contribution is -2.44. The van der Waals surface area contributed by atoms with E-state index in [1.165, 1.54) is 16.5 Å². The topological polar surface area (TPSA) is 41.0 Å². The Balaban J connectivity index is 1.34. The number of aromatic amines is 1. The predicted molar refractivity (Wildman–Crippen MR) is 143 cm³/mol. The number of fused-ring (bicyclic) bond motifs is 1. The molecule has 0 amide bonds. The summed E-state index contributed by atoms with van der Waals surface area (Å²) in [7, 11) is 1.79. The summed E-state index contributed by atoms with van der Waals surface area (Å²) in [5, 5.41) is 1.24. The van der Waals surface area contributed by atoms with Crippen LogP contribution >= 0.6 is 0 Å². The summed E-state index contributed by atoms with van der Waals surface area (Å²) < 4.78 is 40.8. The van der Waals surface area contributed by atoms with Crippen LogP contribution in [0.4, 0.5) is 13.2 Å². The van der Waals surface area contributed by atoms with E-state index in [0.29, 0.717) is 30.7 Å². The van der Waals surface area contributed by atoms with Gasteiger partial charge in [-0.1, -0.05) is 19.9 Å². The molecule has 1 aliphatic heterocycles. The van der Waals surface area contributed by atoms with Crippen LogP contribution in [0.1, 0.15) is 80.9 Å². The fourth-order valence-corrected chi connectivity index (χ4v) is 6.69. The van der Waals surface area contributed by atoms with Gasteiger partial charge in [0.05, 0.1) is 11.6 Å². The average Bonchev–Trinajstić information content (AvgIpc) is 3.26. The zero-order chi connectivity index (χ0) is 26.5. The molecule has 3 heterocycles. The molecule has 4 nitrogen and oxygen atoms in total. The predicted octanol–water partition coefficient (Wildman–Crippen LogP) is 7.27. The van der Waals surface area contributed by atoms with Crippen molar-refractivity contribution in [2.24, 2.45) is 13.0 Å². The number of pyridine rings is 1. The Kier molecular flexibility index (Phi) is 7.03. The summed E-state index contributed by atoms with van der Waals surface area (Å²) in [4.78, 5) is 18.3. The lowest BCUT2D eigenvalue weighted by atomic mass is 9.82. The molecule has 1 aliphatic carbocycles. The van der Waals surface area contributed by atoms with Crippen molar-refractivity contribution in [1.29, 1.82) is 0 Å². The number of piperidine rings is 1. The van der Waals surface area contributed by atoms with Gasteiger partial charge < -0.3 is 14.5 Å². The third kappa shape index (κ3) is 5.12. The first kappa shape index (κ1) is 26.1. The monoisotopic (exact) mass is 513 g/mol. The minimum absolute atomic E-state index is 0.0213. The van der Waals surface area contributed by atoms with Gasteiger partial charge in [0, 0.05) is 41.3 Å². The van der Waals surface area contributed by atoms with Crippen molar-refractivity contribution < 1.29 is 13.2 Å². The minimum atomic E-state index is -4.04. The maximum absolute atomic E-state index is 13.1. The van der Waals surface area contributed by atoms with Crippen molar-refractivity contribution >= 4 is 10.9 Å². The molecule has 0 unspecified atom stereocenters. The first-order valence-corrected chi connectivity index (χ1v) is 13.7. The Morgan fingerprint density at radius 1 is 1.00 bits per heavy atom. The SMILES string of the molecule is Cc1cc(-c2[nH]c3ccc(C4CCN(C5CCC(C(F)(F)F)CC5)CC4)cc3c2C(C)C)cn(C)c1=O. The van der Waals surface area contributed by atoms with Crippen molar-refractivity contribution in [3.8, 4) is 11.3 Å². The van der Waals surface area contributed by atoms with Crippen molar-refractivity contribution in [2.75, 3.05) is 13.1 Å². The van der Waals surface area contributed by atoms with Gasteiger partial charge in [0.15, 0.2) is 0 Å². The van der Waals surface area contributed by atoms with Crippen LogP contribution < -0.4 is 5.56 Å². The quantitative estimate of drug-likeness (QED) is 0.399. The van der Waals surface area contributed by atoms with Gasteiger partial charge in [-0.3, -0.25) is 4.79 Å². The van der Waals surface area contributed by atoms with E-state index in [1.54, 1.807) is 11.6 Å². The number of likely N-dealkylation sites (tertiary alicyclic amines) is 1. The highest BCUT2D eigenvalue weighted by atomic mass is 19.4. The van der Waals surface area contributed by atoms with Crippen LogP contribution in [0.25, 0.3) is 22.2 Å². The van der Waals surface area contributed by atoms with Crippen molar-refractivity contribution in [3.05, 3.63) is 57.5 Å². The molecule has 7 heteroatoms. The molecular weight excluding hydrogens is 475 g/mol. The van der Waals surface area contributed by atoms with E-state index in [-0.39, 0.29) is 18.4 Å². The molecule has 37 heavy (non-hydrogen) atoms. The number of H-pyrrole nitrogens is 1.